The van der Waals surface area contributed by atoms with Gasteiger partial charge in [0.15, 0.2) is 0 Å². The molecule has 2 aromatic carbocycles. The molecule has 2 N–H and O–H groups in total. The smallest absolute Gasteiger partial charge is 0.141 e. The molecule has 0 saturated carbocycles. The van der Waals surface area contributed by atoms with Crippen molar-refractivity contribution in [2.24, 2.45) is 0 Å². The second kappa shape index (κ2) is 5.79. The standard InChI is InChI=1S/C15H12ClN3OS/c1-21-10-3-5-13-11(7-10)15(18-8-17-13)19-9-2-4-12(16)14(20)6-9/h2-8,20H,1H3,(H,17,18,19). The van der Waals surface area contributed by atoms with E-state index < -0.39 is 0 Å². The number of thioether (sulfide) groups is 1. The van der Waals surface area contributed by atoms with Gasteiger partial charge in [0.1, 0.15) is 17.9 Å². The molecule has 21 heavy (non-hydrogen) atoms. The van der Waals surface area contributed by atoms with Crippen LogP contribution in [0.3, 0.4) is 0 Å². The highest BCUT2D eigenvalue weighted by Crippen LogP contribution is 2.30. The molecular formula is C15H12ClN3OS. The summed E-state index contributed by atoms with van der Waals surface area (Å²) in [5.74, 6) is 0.724. The van der Waals surface area contributed by atoms with Crippen molar-refractivity contribution in [1.29, 1.82) is 0 Å². The van der Waals surface area contributed by atoms with Crippen LogP contribution in [0.25, 0.3) is 10.9 Å². The summed E-state index contributed by atoms with van der Waals surface area (Å²) in [6, 6.07) is 11.0. The Morgan fingerprint density at radius 2 is 2.00 bits per heavy atom. The molecule has 0 aliphatic heterocycles. The van der Waals surface area contributed by atoms with Crippen molar-refractivity contribution in [2.75, 3.05) is 11.6 Å². The zero-order chi connectivity index (χ0) is 14.8. The SMILES string of the molecule is CSc1ccc2ncnc(Nc3ccc(Cl)c(O)c3)c2c1. The predicted molar refractivity (Wildman–Crippen MR) is 87.7 cm³/mol. The molecule has 3 rings (SSSR count). The van der Waals surface area contributed by atoms with Crippen LogP contribution in [0.15, 0.2) is 47.6 Å². The minimum absolute atomic E-state index is 0.0323. The number of hydrogen-bond acceptors (Lipinski definition) is 5. The largest absolute Gasteiger partial charge is 0.506 e. The zero-order valence-electron chi connectivity index (χ0n) is 11.2. The number of hydrogen-bond donors (Lipinski definition) is 2. The van der Waals surface area contributed by atoms with Crippen LogP contribution < -0.4 is 5.32 Å². The number of anilines is 2. The molecule has 106 valence electrons. The molecule has 0 spiro atoms. The maximum atomic E-state index is 9.67. The number of aromatic hydroxyl groups is 1. The Labute approximate surface area is 131 Å². The highest BCUT2D eigenvalue weighted by molar-refractivity contribution is 7.98. The fourth-order valence-corrected chi connectivity index (χ4v) is 2.55. The fraction of sp³-hybridized carbons (Fsp3) is 0.0667. The maximum Gasteiger partial charge on any atom is 0.141 e. The van der Waals surface area contributed by atoms with Gasteiger partial charge in [-0.2, -0.15) is 0 Å². The Hall–Kier alpha value is -1.98. The molecule has 1 aromatic heterocycles. The Kier molecular flexibility index (Phi) is 3.86. The first-order chi connectivity index (χ1) is 10.2. The lowest BCUT2D eigenvalue weighted by Gasteiger charge is -2.09. The molecule has 0 aliphatic rings. The van der Waals surface area contributed by atoms with Crippen LogP contribution in [-0.4, -0.2) is 21.3 Å². The third-order valence-electron chi connectivity index (χ3n) is 3.05. The topological polar surface area (TPSA) is 58.0 Å². The second-order valence-electron chi connectivity index (χ2n) is 4.40. The summed E-state index contributed by atoms with van der Waals surface area (Å²) in [6.07, 6.45) is 3.54. The molecule has 0 amide bonds. The van der Waals surface area contributed by atoms with Gasteiger partial charge >= 0.3 is 0 Å². The van der Waals surface area contributed by atoms with E-state index in [1.165, 1.54) is 6.33 Å². The van der Waals surface area contributed by atoms with E-state index >= 15 is 0 Å². The summed E-state index contributed by atoms with van der Waals surface area (Å²) < 4.78 is 0. The number of fused-ring (bicyclic) bond motifs is 1. The summed E-state index contributed by atoms with van der Waals surface area (Å²) in [7, 11) is 0. The van der Waals surface area contributed by atoms with Gasteiger partial charge in [0.05, 0.1) is 10.5 Å². The van der Waals surface area contributed by atoms with Gasteiger partial charge in [0.25, 0.3) is 0 Å². The van der Waals surface area contributed by atoms with Crippen molar-refractivity contribution in [3.8, 4) is 5.75 Å². The van der Waals surface area contributed by atoms with Gasteiger partial charge < -0.3 is 10.4 Å². The van der Waals surface area contributed by atoms with Crippen LogP contribution in [0.2, 0.25) is 5.02 Å². The number of phenolic OH excluding ortho intramolecular Hbond substituents is 1. The van der Waals surface area contributed by atoms with Gasteiger partial charge in [0.2, 0.25) is 0 Å². The third-order valence-corrected chi connectivity index (χ3v) is 4.10. The first-order valence-corrected chi connectivity index (χ1v) is 7.82. The molecule has 6 heteroatoms. The average Bonchev–Trinajstić information content (AvgIpc) is 2.51. The Bertz CT molecular complexity index is 810. The Morgan fingerprint density at radius 1 is 1.14 bits per heavy atom. The molecule has 4 nitrogen and oxygen atoms in total. The molecule has 0 atom stereocenters. The maximum absolute atomic E-state index is 9.67. The van der Waals surface area contributed by atoms with Gasteiger partial charge in [0, 0.05) is 22.0 Å². The number of nitrogens with one attached hydrogen (secondary N) is 1. The molecular weight excluding hydrogens is 306 g/mol. The number of aromatic nitrogens is 2. The summed E-state index contributed by atoms with van der Waals surface area (Å²) in [5, 5.41) is 14.1. The molecule has 0 bridgehead atoms. The van der Waals surface area contributed by atoms with E-state index in [0.717, 1.165) is 15.8 Å². The van der Waals surface area contributed by atoms with Crippen LogP contribution in [0.4, 0.5) is 11.5 Å². The lowest BCUT2D eigenvalue weighted by molar-refractivity contribution is 0.476. The van der Waals surface area contributed by atoms with E-state index in [9.17, 15) is 5.11 Å². The Balaban J connectivity index is 2.05. The lowest BCUT2D eigenvalue weighted by atomic mass is 10.2. The monoisotopic (exact) mass is 317 g/mol. The number of benzene rings is 2. The predicted octanol–water partition coefficient (Wildman–Crippen LogP) is 4.45. The van der Waals surface area contributed by atoms with Crippen LogP contribution in [0, 0.1) is 0 Å². The molecule has 0 radical (unpaired) electrons. The van der Waals surface area contributed by atoms with Gasteiger partial charge in [-0.1, -0.05) is 11.6 Å². The minimum Gasteiger partial charge on any atom is -0.506 e. The Morgan fingerprint density at radius 3 is 2.76 bits per heavy atom. The normalized spacial score (nSPS) is 10.8. The highest BCUT2D eigenvalue weighted by Gasteiger charge is 2.06. The van der Waals surface area contributed by atoms with E-state index in [0.29, 0.717) is 16.5 Å². The zero-order valence-corrected chi connectivity index (χ0v) is 12.7. The van der Waals surface area contributed by atoms with Crippen LogP contribution in [-0.2, 0) is 0 Å². The molecule has 0 saturated heterocycles. The number of rotatable bonds is 3. The van der Waals surface area contributed by atoms with Gasteiger partial charge in [-0.3, -0.25) is 0 Å². The number of halogens is 1. The molecule has 1 heterocycles. The van der Waals surface area contributed by atoms with Gasteiger partial charge in [-0.15, -0.1) is 11.8 Å². The summed E-state index contributed by atoms with van der Waals surface area (Å²) >= 11 is 7.47. The van der Waals surface area contributed by atoms with Crippen molar-refractivity contribution in [3.05, 3.63) is 47.7 Å². The quantitative estimate of drug-likeness (QED) is 0.699. The van der Waals surface area contributed by atoms with Gasteiger partial charge in [-0.25, -0.2) is 9.97 Å². The summed E-state index contributed by atoms with van der Waals surface area (Å²) in [4.78, 5) is 9.68. The molecule has 0 fully saturated rings. The second-order valence-corrected chi connectivity index (χ2v) is 5.68. The van der Waals surface area contributed by atoms with Crippen molar-refractivity contribution in [3.63, 3.8) is 0 Å². The van der Waals surface area contributed by atoms with Gasteiger partial charge in [-0.05, 0) is 36.6 Å². The molecule has 0 aliphatic carbocycles. The first-order valence-electron chi connectivity index (χ1n) is 6.21. The summed E-state index contributed by atoms with van der Waals surface area (Å²) in [5.41, 5.74) is 1.58. The van der Waals surface area contributed by atoms with Crippen molar-refractivity contribution < 1.29 is 5.11 Å². The van der Waals surface area contributed by atoms with E-state index in [4.69, 9.17) is 11.6 Å². The van der Waals surface area contributed by atoms with Crippen LogP contribution in [0.5, 0.6) is 5.75 Å². The van der Waals surface area contributed by atoms with Crippen molar-refractivity contribution in [2.45, 2.75) is 4.90 Å². The average molecular weight is 318 g/mol. The molecule has 0 unspecified atom stereocenters. The van der Waals surface area contributed by atoms with E-state index in [1.807, 2.05) is 24.5 Å². The van der Waals surface area contributed by atoms with E-state index in [2.05, 4.69) is 15.3 Å². The third kappa shape index (κ3) is 2.89. The molecule has 3 aromatic rings. The fourth-order valence-electron chi connectivity index (χ4n) is 1.99. The summed E-state index contributed by atoms with van der Waals surface area (Å²) in [6.45, 7) is 0. The van der Waals surface area contributed by atoms with E-state index in [1.54, 1.807) is 30.0 Å². The lowest BCUT2D eigenvalue weighted by Crippen LogP contribution is -1.96. The van der Waals surface area contributed by atoms with Crippen molar-refractivity contribution >= 4 is 45.8 Å². The van der Waals surface area contributed by atoms with Crippen molar-refractivity contribution in [1.82, 2.24) is 9.97 Å². The number of phenols is 1. The minimum atomic E-state index is 0.0323. The van der Waals surface area contributed by atoms with E-state index in [-0.39, 0.29) is 5.75 Å². The van der Waals surface area contributed by atoms with Crippen LogP contribution in [0.1, 0.15) is 0 Å². The number of nitrogens with zero attached hydrogens (tertiary/aromatic N) is 2. The first kappa shape index (κ1) is 14.0. The highest BCUT2D eigenvalue weighted by atomic mass is 35.5. The van der Waals surface area contributed by atoms with Crippen LogP contribution >= 0.6 is 23.4 Å².